The molecule has 0 fully saturated rings. The molecule has 0 saturated heterocycles. The van der Waals surface area contributed by atoms with Crippen molar-refractivity contribution in [1.82, 2.24) is 38.2 Å². The van der Waals surface area contributed by atoms with Gasteiger partial charge < -0.3 is 18.1 Å². The van der Waals surface area contributed by atoms with E-state index in [0.29, 0.717) is 11.8 Å². The van der Waals surface area contributed by atoms with E-state index in [4.69, 9.17) is 24.4 Å². The largest absolute Gasteiger partial charge is 0.456 e. The van der Waals surface area contributed by atoms with E-state index in [0.717, 1.165) is 133 Å². The third-order valence-electron chi connectivity index (χ3n) is 23.8. The maximum Gasteiger partial charge on any atom is 0.235 e. The summed E-state index contributed by atoms with van der Waals surface area (Å²) in [5.74, 6) is 1.33. The second-order valence-electron chi connectivity index (χ2n) is 30.3. The monoisotopic (exact) mass is 1490 g/mol. The van der Waals surface area contributed by atoms with Gasteiger partial charge in [0, 0.05) is 109 Å². The van der Waals surface area contributed by atoms with Crippen molar-refractivity contribution >= 4 is 153 Å². The van der Waals surface area contributed by atoms with Crippen LogP contribution in [0.2, 0.25) is 0 Å². The standard InChI is InChI=1S/C54H32N4O.C54H34N4/c1-2-12-33(13-3-1)34-22-26-37(27-23-34)57-45-20-10-7-18-42(45)50-46(57)30-31-47-51(50)43-29-24-35-14-4-5-15-38(35)53(43)58(47)54-55-44-19-9-6-17-41(44)52(56-54)36-25-28-40-39-16-8-11-21-48(39)59-49(40)32-36;1-3-14-35(15-4-1)36-26-29-40(30-27-36)57-47-25-12-10-23-44(47)50-48(57)32-33-49-51(50)45-31-28-37-16-7-8-21-42(37)53(45)58(49)41-20-13-19-39(34-41)54-55-46-24-11-9-22-43(46)52(56-54)38-17-5-2-6-18-38/h1-32H;1-34H. The summed E-state index contributed by atoms with van der Waals surface area (Å²) in [5, 5.41) is 18.7. The lowest BCUT2D eigenvalue weighted by molar-refractivity contribution is 0.669. The summed E-state index contributed by atoms with van der Waals surface area (Å²) < 4.78 is 16.0. The number of aromatic nitrogens is 8. The molecule has 117 heavy (non-hydrogen) atoms. The third kappa shape index (κ3) is 10.4. The highest BCUT2D eigenvalue weighted by molar-refractivity contribution is 6.33. The van der Waals surface area contributed by atoms with Gasteiger partial charge in [-0.1, -0.05) is 297 Å². The molecule has 25 aromatic rings. The summed E-state index contributed by atoms with van der Waals surface area (Å²) in [4.78, 5) is 21.3. The SMILES string of the molecule is c1ccc(-c2ccc(-n3c4ccccc4c4c5c6ccc7ccccc7c6n(-c6cccc(-c7nc(-c8ccccc8)c8ccccc8n7)c6)c5ccc43)cc2)cc1.c1ccc(-c2ccc(-n3c4ccccc4c4c5c6ccc7ccccc7c6n(-c6nc(-c7ccc8c(c7)oc7ccccc78)c7ccccc7n6)c5ccc43)cc2)cc1. The van der Waals surface area contributed by atoms with Crippen molar-refractivity contribution in [3.8, 4) is 79.2 Å². The fourth-order valence-corrected chi connectivity index (χ4v) is 18.6. The molecule has 9 heteroatoms. The fraction of sp³-hybridized carbons (Fsp3) is 0. The number of hydrogen-bond acceptors (Lipinski definition) is 5. The molecule has 544 valence electrons. The van der Waals surface area contributed by atoms with Gasteiger partial charge in [-0.05, 0) is 136 Å². The number of hydrogen-bond donors (Lipinski definition) is 0. The maximum atomic E-state index is 6.38. The van der Waals surface area contributed by atoms with Gasteiger partial charge in [0.15, 0.2) is 5.82 Å². The molecule has 0 radical (unpaired) electrons. The van der Waals surface area contributed by atoms with Crippen molar-refractivity contribution in [2.45, 2.75) is 0 Å². The summed E-state index contributed by atoms with van der Waals surface area (Å²) in [6.45, 7) is 0. The smallest absolute Gasteiger partial charge is 0.235 e. The second kappa shape index (κ2) is 26.4. The molecule has 0 aliphatic rings. The van der Waals surface area contributed by atoms with Gasteiger partial charge in [0.2, 0.25) is 5.95 Å². The molecule has 9 nitrogen and oxygen atoms in total. The Hall–Kier alpha value is -15.8. The average molecular weight is 1490 g/mol. The summed E-state index contributed by atoms with van der Waals surface area (Å²) in [6, 6.07) is 143. The van der Waals surface area contributed by atoms with Crippen LogP contribution in [-0.2, 0) is 0 Å². The number of para-hydroxylation sites is 5. The molecule has 0 aliphatic heterocycles. The highest BCUT2D eigenvalue weighted by Gasteiger charge is 2.27. The summed E-state index contributed by atoms with van der Waals surface area (Å²) in [6.07, 6.45) is 0. The van der Waals surface area contributed by atoms with Crippen LogP contribution >= 0.6 is 0 Å². The number of rotatable bonds is 9. The molecule has 0 aliphatic carbocycles. The van der Waals surface area contributed by atoms with Crippen molar-refractivity contribution in [2.75, 3.05) is 0 Å². The van der Waals surface area contributed by atoms with E-state index in [9.17, 15) is 0 Å². The zero-order valence-electron chi connectivity index (χ0n) is 63.1. The first-order valence-corrected chi connectivity index (χ1v) is 39.7. The van der Waals surface area contributed by atoms with E-state index in [1.165, 1.54) is 87.3 Å². The van der Waals surface area contributed by atoms with E-state index < -0.39 is 0 Å². The van der Waals surface area contributed by atoms with E-state index in [2.05, 4.69) is 394 Å². The number of benzene rings is 18. The first-order valence-electron chi connectivity index (χ1n) is 39.7. The Morgan fingerprint density at radius 3 is 1.17 bits per heavy atom. The van der Waals surface area contributed by atoms with E-state index >= 15 is 0 Å². The molecule has 0 N–H and O–H groups in total. The molecule has 0 amide bonds. The lowest BCUT2D eigenvalue weighted by Gasteiger charge is -2.13. The van der Waals surface area contributed by atoms with E-state index in [1.54, 1.807) is 0 Å². The van der Waals surface area contributed by atoms with Crippen molar-refractivity contribution in [1.29, 1.82) is 0 Å². The van der Waals surface area contributed by atoms with Gasteiger partial charge in [0.1, 0.15) is 11.2 Å². The molecule has 25 rings (SSSR count). The van der Waals surface area contributed by atoms with Crippen LogP contribution in [-0.4, -0.2) is 38.2 Å². The van der Waals surface area contributed by atoms with Gasteiger partial charge in [0.25, 0.3) is 0 Å². The molecule has 0 saturated carbocycles. The number of nitrogens with zero attached hydrogens (tertiary/aromatic N) is 8. The predicted octanol–water partition coefficient (Wildman–Crippen LogP) is 28.2. The van der Waals surface area contributed by atoms with Gasteiger partial charge in [-0.15, -0.1) is 0 Å². The molecule has 0 spiro atoms. The van der Waals surface area contributed by atoms with Crippen LogP contribution in [0.3, 0.4) is 0 Å². The normalized spacial score (nSPS) is 11.9. The molecular formula is C108H66N8O. The first-order chi connectivity index (χ1) is 58.0. The lowest BCUT2D eigenvalue weighted by Crippen LogP contribution is -2.03. The highest BCUT2D eigenvalue weighted by atomic mass is 16.3. The Kier molecular flexibility index (Phi) is 14.9. The van der Waals surface area contributed by atoms with Gasteiger partial charge >= 0.3 is 0 Å². The highest BCUT2D eigenvalue weighted by Crippen LogP contribution is 2.48. The quantitative estimate of drug-likeness (QED) is 0.144. The molecule has 0 bridgehead atoms. The van der Waals surface area contributed by atoms with Crippen molar-refractivity contribution < 1.29 is 4.42 Å². The zero-order valence-corrected chi connectivity index (χ0v) is 63.1. The molecule has 0 unspecified atom stereocenters. The van der Waals surface area contributed by atoms with Crippen LogP contribution in [0.5, 0.6) is 0 Å². The summed E-state index contributed by atoms with van der Waals surface area (Å²) in [5.41, 5.74) is 25.6. The van der Waals surface area contributed by atoms with E-state index in [1.807, 2.05) is 24.3 Å². The predicted molar refractivity (Wildman–Crippen MR) is 486 cm³/mol. The fourth-order valence-electron chi connectivity index (χ4n) is 18.6. The summed E-state index contributed by atoms with van der Waals surface area (Å²) >= 11 is 0. The van der Waals surface area contributed by atoms with Crippen molar-refractivity contribution in [3.63, 3.8) is 0 Å². The van der Waals surface area contributed by atoms with Crippen molar-refractivity contribution in [2.24, 2.45) is 0 Å². The average Bonchev–Trinajstić information content (AvgIpc) is 1.54. The van der Waals surface area contributed by atoms with Gasteiger partial charge in [-0.2, -0.15) is 0 Å². The Morgan fingerprint density at radius 2 is 0.598 bits per heavy atom. The maximum absolute atomic E-state index is 6.38. The first kappa shape index (κ1) is 65.8. The number of furan rings is 1. The van der Waals surface area contributed by atoms with Crippen LogP contribution in [0.4, 0.5) is 0 Å². The minimum absolute atomic E-state index is 0.624. The molecule has 7 heterocycles. The summed E-state index contributed by atoms with van der Waals surface area (Å²) in [7, 11) is 0. The Labute approximate surface area is 670 Å². The Bertz CT molecular complexity index is 8360. The van der Waals surface area contributed by atoms with Crippen LogP contribution in [0, 0.1) is 0 Å². The number of fused-ring (bicyclic) bond motifs is 23. The van der Waals surface area contributed by atoms with Gasteiger partial charge in [-0.25, -0.2) is 19.9 Å². The minimum atomic E-state index is 0.624. The van der Waals surface area contributed by atoms with Crippen molar-refractivity contribution in [3.05, 3.63) is 400 Å². The molecule has 18 aromatic carbocycles. The van der Waals surface area contributed by atoms with Crippen LogP contribution in [0.15, 0.2) is 405 Å². The zero-order chi connectivity index (χ0) is 76.8. The topological polar surface area (TPSA) is 84.4 Å². The van der Waals surface area contributed by atoms with Gasteiger partial charge in [-0.3, -0.25) is 4.57 Å². The lowest BCUT2D eigenvalue weighted by atomic mass is 10.0. The van der Waals surface area contributed by atoms with Gasteiger partial charge in [0.05, 0.1) is 66.6 Å². The Morgan fingerprint density at radius 1 is 0.197 bits per heavy atom. The molecule has 0 atom stereocenters. The molecular weight excluding hydrogens is 1430 g/mol. The van der Waals surface area contributed by atoms with Crippen LogP contribution < -0.4 is 0 Å². The van der Waals surface area contributed by atoms with Crippen LogP contribution in [0.25, 0.3) is 232 Å². The second-order valence-corrected chi connectivity index (χ2v) is 30.3. The Balaban J connectivity index is 0.000000134. The third-order valence-corrected chi connectivity index (χ3v) is 23.8. The van der Waals surface area contributed by atoms with E-state index in [-0.39, 0.29) is 0 Å². The molecule has 7 aromatic heterocycles. The van der Waals surface area contributed by atoms with Crippen LogP contribution in [0.1, 0.15) is 0 Å². The minimum Gasteiger partial charge on any atom is -0.456 e.